The maximum absolute atomic E-state index is 13.0. The summed E-state index contributed by atoms with van der Waals surface area (Å²) in [7, 11) is 1.59. The predicted molar refractivity (Wildman–Crippen MR) is 112 cm³/mol. The molecule has 0 saturated carbocycles. The number of hydrogen-bond donors (Lipinski definition) is 3. The Morgan fingerprint density at radius 1 is 1.20 bits per heavy atom. The lowest BCUT2D eigenvalue weighted by atomic mass is 10.1. The van der Waals surface area contributed by atoms with Crippen molar-refractivity contribution in [3.05, 3.63) is 53.6 Å². The van der Waals surface area contributed by atoms with E-state index in [1.165, 1.54) is 6.33 Å². The molecule has 0 spiro atoms. The molecular formula is C21H27N6O3+. The standard InChI is InChI=1S/C21H26N6O3/c1-5-26(12-20(29)24-16-6-8-17(30-4)9-7-16)11-19(28)18-10-14(2)27(15(18)3)21-22-13-23-25-21/h6-10,13H,5,11-12H2,1-4H3,(H,24,29)(H,22,23,25)/p+1. The fraction of sp³-hybridized carbons (Fsp3) is 0.333. The highest BCUT2D eigenvalue weighted by Crippen LogP contribution is 2.18. The predicted octanol–water partition coefficient (Wildman–Crippen LogP) is 0.947. The summed E-state index contributed by atoms with van der Waals surface area (Å²) in [4.78, 5) is 30.4. The number of likely N-dealkylation sites (N-methyl/N-ethyl adjacent to an activating group) is 1. The van der Waals surface area contributed by atoms with Crippen molar-refractivity contribution < 1.29 is 19.2 Å². The van der Waals surface area contributed by atoms with E-state index in [2.05, 4.69) is 20.5 Å². The van der Waals surface area contributed by atoms with Crippen LogP contribution in [0.5, 0.6) is 5.75 Å². The fourth-order valence-corrected chi connectivity index (χ4v) is 3.42. The highest BCUT2D eigenvalue weighted by molar-refractivity contribution is 5.98. The van der Waals surface area contributed by atoms with Crippen molar-refractivity contribution in [2.75, 3.05) is 32.1 Å². The number of methoxy groups -OCH3 is 1. The van der Waals surface area contributed by atoms with Crippen molar-refractivity contribution in [3.63, 3.8) is 0 Å². The summed E-state index contributed by atoms with van der Waals surface area (Å²) < 4.78 is 6.98. The molecule has 3 rings (SSSR count). The van der Waals surface area contributed by atoms with Gasteiger partial charge in [0, 0.05) is 22.6 Å². The smallest absolute Gasteiger partial charge is 0.279 e. The molecule has 0 bridgehead atoms. The summed E-state index contributed by atoms with van der Waals surface area (Å²) in [5.41, 5.74) is 3.01. The van der Waals surface area contributed by atoms with Crippen LogP contribution < -0.4 is 15.0 Å². The Balaban J connectivity index is 1.64. The van der Waals surface area contributed by atoms with E-state index in [1.54, 1.807) is 31.4 Å². The first-order valence-corrected chi connectivity index (χ1v) is 9.78. The number of quaternary nitrogens is 1. The molecule has 0 radical (unpaired) electrons. The second-order valence-electron chi connectivity index (χ2n) is 7.09. The number of nitrogens with one attached hydrogen (secondary N) is 3. The zero-order chi connectivity index (χ0) is 21.7. The molecule has 9 heteroatoms. The van der Waals surface area contributed by atoms with Crippen LogP contribution in [0.4, 0.5) is 5.69 Å². The molecule has 3 N–H and O–H groups in total. The number of ether oxygens (including phenoxy) is 1. The number of anilines is 1. The summed E-state index contributed by atoms with van der Waals surface area (Å²) in [6.07, 6.45) is 1.43. The molecule has 2 aromatic heterocycles. The maximum atomic E-state index is 13.0. The second-order valence-corrected chi connectivity index (χ2v) is 7.09. The third-order valence-corrected chi connectivity index (χ3v) is 5.04. The van der Waals surface area contributed by atoms with Crippen LogP contribution in [-0.2, 0) is 4.79 Å². The van der Waals surface area contributed by atoms with Gasteiger partial charge < -0.3 is 15.0 Å². The number of hydrogen-bond acceptors (Lipinski definition) is 5. The first kappa shape index (κ1) is 21.3. The van der Waals surface area contributed by atoms with E-state index in [4.69, 9.17) is 4.74 Å². The summed E-state index contributed by atoms with van der Waals surface area (Å²) >= 11 is 0. The molecule has 1 atom stereocenters. The number of carbonyl (C=O) groups excluding carboxylic acids is 2. The summed E-state index contributed by atoms with van der Waals surface area (Å²) in [6, 6.07) is 8.99. The molecule has 1 unspecified atom stereocenters. The van der Waals surface area contributed by atoms with E-state index < -0.39 is 0 Å². The number of aromatic amines is 1. The lowest BCUT2D eigenvalue weighted by Gasteiger charge is -2.16. The molecule has 0 saturated heterocycles. The van der Waals surface area contributed by atoms with E-state index >= 15 is 0 Å². The first-order chi connectivity index (χ1) is 14.4. The number of carbonyl (C=O) groups is 2. The van der Waals surface area contributed by atoms with E-state index in [0.717, 1.165) is 22.0 Å². The monoisotopic (exact) mass is 411 g/mol. The van der Waals surface area contributed by atoms with Gasteiger partial charge in [0.1, 0.15) is 18.6 Å². The van der Waals surface area contributed by atoms with Crippen LogP contribution in [0.1, 0.15) is 28.7 Å². The Morgan fingerprint density at radius 2 is 1.93 bits per heavy atom. The SMILES string of the molecule is CC[NH+](CC(=O)Nc1ccc(OC)cc1)CC(=O)c1cc(C)n(-c2ncn[nH]2)c1C. The zero-order valence-corrected chi connectivity index (χ0v) is 17.7. The molecule has 30 heavy (non-hydrogen) atoms. The van der Waals surface area contributed by atoms with Gasteiger partial charge in [0.15, 0.2) is 6.54 Å². The fourth-order valence-electron chi connectivity index (χ4n) is 3.42. The third kappa shape index (κ3) is 4.74. The third-order valence-electron chi connectivity index (χ3n) is 5.04. The summed E-state index contributed by atoms with van der Waals surface area (Å²) in [5, 5.41) is 9.56. The maximum Gasteiger partial charge on any atom is 0.279 e. The number of rotatable bonds is 9. The van der Waals surface area contributed by atoms with Crippen LogP contribution in [0, 0.1) is 13.8 Å². The molecule has 0 aliphatic rings. The number of Topliss-reactive ketones (excluding diaryl/α,β-unsaturated/α-hetero) is 1. The van der Waals surface area contributed by atoms with Crippen LogP contribution in [0.15, 0.2) is 36.7 Å². The Bertz CT molecular complexity index is 1010. The molecule has 3 aromatic rings. The quantitative estimate of drug-likeness (QED) is 0.455. The van der Waals surface area contributed by atoms with Gasteiger partial charge in [0.2, 0.25) is 11.7 Å². The van der Waals surface area contributed by atoms with Crippen molar-refractivity contribution in [1.29, 1.82) is 0 Å². The van der Waals surface area contributed by atoms with Crippen molar-refractivity contribution in [2.45, 2.75) is 20.8 Å². The minimum Gasteiger partial charge on any atom is -0.497 e. The van der Waals surface area contributed by atoms with Crippen molar-refractivity contribution in [3.8, 4) is 11.7 Å². The molecular weight excluding hydrogens is 384 g/mol. The molecule has 0 aliphatic carbocycles. The van der Waals surface area contributed by atoms with Gasteiger partial charge in [-0.25, -0.2) is 5.10 Å². The van der Waals surface area contributed by atoms with Crippen molar-refractivity contribution in [2.24, 2.45) is 0 Å². The van der Waals surface area contributed by atoms with Crippen LogP contribution in [0.3, 0.4) is 0 Å². The Kier molecular flexibility index (Phi) is 6.63. The van der Waals surface area contributed by atoms with Crippen LogP contribution in [0.2, 0.25) is 0 Å². The van der Waals surface area contributed by atoms with Gasteiger partial charge in [-0.2, -0.15) is 10.1 Å². The van der Waals surface area contributed by atoms with E-state index in [-0.39, 0.29) is 24.8 Å². The Hall–Kier alpha value is -3.46. The van der Waals surface area contributed by atoms with Crippen LogP contribution in [0.25, 0.3) is 5.95 Å². The number of ketones is 1. The number of benzene rings is 1. The normalized spacial score (nSPS) is 11.9. The van der Waals surface area contributed by atoms with Crippen LogP contribution >= 0.6 is 0 Å². The van der Waals surface area contributed by atoms with Crippen molar-refractivity contribution in [1.82, 2.24) is 19.7 Å². The lowest BCUT2D eigenvalue weighted by Crippen LogP contribution is -3.13. The number of H-pyrrole nitrogens is 1. The molecule has 158 valence electrons. The number of aromatic nitrogens is 4. The van der Waals surface area contributed by atoms with Gasteiger partial charge in [0.05, 0.1) is 13.7 Å². The van der Waals surface area contributed by atoms with E-state index in [0.29, 0.717) is 23.7 Å². The molecule has 0 aliphatic heterocycles. The second kappa shape index (κ2) is 9.36. The van der Waals surface area contributed by atoms with Crippen LogP contribution in [-0.4, -0.2) is 58.2 Å². The van der Waals surface area contributed by atoms with E-state index in [9.17, 15) is 9.59 Å². The van der Waals surface area contributed by atoms with Gasteiger partial charge in [-0.3, -0.25) is 14.2 Å². The molecule has 0 fully saturated rings. The highest BCUT2D eigenvalue weighted by Gasteiger charge is 2.23. The minimum absolute atomic E-state index is 0.0111. The molecule has 2 heterocycles. The topological polar surface area (TPSA) is 106 Å². The summed E-state index contributed by atoms with van der Waals surface area (Å²) in [6.45, 7) is 6.84. The molecule has 1 aromatic carbocycles. The van der Waals surface area contributed by atoms with Gasteiger partial charge in [0.25, 0.3) is 5.91 Å². The minimum atomic E-state index is -0.142. The molecule has 1 amide bonds. The van der Waals surface area contributed by atoms with Gasteiger partial charge in [-0.1, -0.05) is 0 Å². The largest absolute Gasteiger partial charge is 0.497 e. The average Bonchev–Trinajstić information content (AvgIpc) is 3.35. The first-order valence-electron chi connectivity index (χ1n) is 9.78. The lowest BCUT2D eigenvalue weighted by molar-refractivity contribution is -0.881. The Labute approximate surface area is 175 Å². The van der Waals surface area contributed by atoms with Gasteiger partial charge >= 0.3 is 0 Å². The van der Waals surface area contributed by atoms with Gasteiger partial charge in [-0.15, -0.1) is 0 Å². The van der Waals surface area contributed by atoms with E-state index in [1.807, 2.05) is 31.4 Å². The number of amides is 1. The Morgan fingerprint density at radius 3 is 2.53 bits per heavy atom. The number of aryl methyl sites for hydroxylation is 1. The summed E-state index contributed by atoms with van der Waals surface area (Å²) in [5.74, 6) is 1.14. The van der Waals surface area contributed by atoms with Gasteiger partial charge in [-0.05, 0) is 51.1 Å². The number of nitrogens with zero attached hydrogens (tertiary/aromatic N) is 3. The zero-order valence-electron chi connectivity index (χ0n) is 17.7. The highest BCUT2D eigenvalue weighted by atomic mass is 16.5. The van der Waals surface area contributed by atoms with Crippen molar-refractivity contribution >= 4 is 17.4 Å². The average molecular weight is 411 g/mol. The molecule has 9 nitrogen and oxygen atoms in total.